The van der Waals surface area contributed by atoms with Crippen molar-refractivity contribution in [1.82, 2.24) is 0 Å². The summed E-state index contributed by atoms with van der Waals surface area (Å²) in [6.07, 6.45) is 66.8. The molecule has 0 aliphatic rings. The van der Waals surface area contributed by atoms with Crippen molar-refractivity contribution in [2.45, 2.75) is 284 Å². The topological polar surface area (TPSA) is 78.9 Å². The van der Waals surface area contributed by atoms with E-state index in [-0.39, 0.29) is 31.1 Å². The van der Waals surface area contributed by atoms with Gasteiger partial charge < -0.3 is 14.2 Å². The molecule has 0 amide bonds. The van der Waals surface area contributed by atoms with E-state index >= 15 is 0 Å². The van der Waals surface area contributed by atoms with Crippen molar-refractivity contribution in [3.8, 4) is 0 Å². The Labute approximate surface area is 402 Å². The second-order valence-corrected chi connectivity index (χ2v) is 18.5. The summed E-state index contributed by atoms with van der Waals surface area (Å²) in [7, 11) is 0. The minimum Gasteiger partial charge on any atom is -0.462 e. The highest BCUT2D eigenvalue weighted by Gasteiger charge is 2.19. The second-order valence-electron chi connectivity index (χ2n) is 18.5. The molecule has 0 aromatic carbocycles. The van der Waals surface area contributed by atoms with Gasteiger partial charge in [-0.1, -0.05) is 236 Å². The van der Waals surface area contributed by atoms with E-state index < -0.39 is 6.10 Å². The summed E-state index contributed by atoms with van der Waals surface area (Å²) in [4.78, 5) is 37.7. The molecule has 0 aromatic heterocycles. The normalized spacial score (nSPS) is 12.5. The molecule has 376 valence electrons. The van der Waals surface area contributed by atoms with Gasteiger partial charge in [0.15, 0.2) is 6.10 Å². The number of allylic oxidation sites excluding steroid dienone is 10. The van der Waals surface area contributed by atoms with Crippen molar-refractivity contribution in [3.63, 3.8) is 0 Å². The van der Waals surface area contributed by atoms with Gasteiger partial charge in [-0.05, 0) is 83.5 Å². The van der Waals surface area contributed by atoms with Gasteiger partial charge in [0.2, 0.25) is 0 Å². The minimum atomic E-state index is -0.772. The van der Waals surface area contributed by atoms with Gasteiger partial charge in [0.05, 0.1) is 0 Å². The highest BCUT2D eigenvalue weighted by atomic mass is 16.6. The maximum atomic E-state index is 12.8. The lowest BCUT2D eigenvalue weighted by Gasteiger charge is -2.18. The molecule has 0 N–H and O–H groups in total. The lowest BCUT2D eigenvalue weighted by molar-refractivity contribution is -0.167. The van der Waals surface area contributed by atoms with Crippen LogP contribution < -0.4 is 0 Å². The van der Waals surface area contributed by atoms with Crippen LogP contribution in [-0.4, -0.2) is 37.2 Å². The average Bonchev–Trinajstić information content (AvgIpc) is 3.30. The largest absolute Gasteiger partial charge is 0.462 e. The standard InChI is InChI=1S/C59H104O6/c1-4-7-10-13-15-17-19-21-23-25-26-27-28-29-30-31-32-34-35-37-39-41-43-46-49-52-58(61)64-55-56(54-63-57(60)51-48-45-12-9-6-3)65-59(62)53-50-47-44-42-40-38-36-33-24-22-20-18-16-14-11-8-5-2/h7,10,15,17,21-24,26-27,56H,4-6,8-9,11-14,16,18-20,25,28-55H2,1-3H3/b10-7-,17-15-,23-21-,24-22-,27-26-. The van der Waals surface area contributed by atoms with E-state index in [0.29, 0.717) is 19.3 Å². The first kappa shape index (κ1) is 62.1. The van der Waals surface area contributed by atoms with Gasteiger partial charge in [-0.2, -0.15) is 0 Å². The van der Waals surface area contributed by atoms with E-state index in [2.05, 4.69) is 81.5 Å². The molecule has 6 nitrogen and oxygen atoms in total. The summed E-state index contributed by atoms with van der Waals surface area (Å²) in [6, 6.07) is 0. The number of ether oxygens (including phenoxy) is 3. The summed E-state index contributed by atoms with van der Waals surface area (Å²) >= 11 is 0. The molecule has 1 unspecified atom stereocenters. The van der Waals surface area contributed by atoms with Crippen LogP contribution in [0.4, 0.5) is 0 Å². The first-order valence-electron chi connectivity index (χ1n) is 27.8. The molecule has 65 heavy (non-hydrogen) atoms. The van der Waals surface area contributed by atoms with Gasteiger partial charge >= 0.3 is 17.9 Å². The van der Waals surface area contributed by atoms with Crippen LogP contribution in [-0.2, 0) is 28.6 Å². The molecular weight excluding hydrogens is 805 g/mol. The molecule has 0 aliphatic heterocycles. The Hall–Kier alpha value is -2.89. The molecule has 0 saturated carbocycles. The van der Waals surface area contributed by atoms with Crippen LogP contribution in [0.5, 0.6) is 0 Å². The summed E-state index contributed by atoms with van der Waals surface area (Å²) in [5, 5.41) is 0. The number of unbranched alkanes of at least 4 members (excludes halogenated alkanes) is 29. The molecule has 0 radical (unpaired) electrons. The third-order valence-electron chi connectivity index (χ3n) is 12.0. The molecule has 1 atom stereocenters. The minimum absolute atomic E-state index is 0.0755. The molecule has 0 rings (SSSR count). The summed E-state index contributed by atoms with van der Waals surface area (Å²) in [5.41, 5.74) is 0. The molecule has 0 spiro atoms. The van der Waals surface area contributed by atoms with Crippen molar-refractivity contribution in [1.29, 1.82) is 0 Å². The molecular formula is C59H104O6. The Kier molecular flexibility index (Phi) is 51.3. The molecule has 0 aliphatic carbocycles. The zero-order chi connectivity index (χ0) is 47.2. The van der Waals surface area contributed by atoms with Gasteiger partial charge in [-0.15, -0.1) is 0 Å². The molecule has 0 heterocycles. The first-order valence-corrected chi connectivity index (χ1v) is 27.8. The fourth-order valence-corrected chi connectivity index (χ4v) is 7.84. The Morgan fingerprint density at radius 3 is 0.954 bits per heavy atom. The van der Waals surface area contributed by atoms with Crippen LogP contribution in [0.25, 0.3) is 0 Å². The van der Waals surface area contributed by atoms with Gasteiger partial charge in [0.1, 0.15) is 13.2 Å². The van der Waals surface area contributed by atoms with Crippen LogP contribution in [0.15, 0.2) is 60.8 Å². The summed E-state index contributed by atoms with van der Waals surface area (Å²) in [6.45, 7) is 6.45. The highest BCUT2D eigenvalue weighted by molar-refractivity contribution is 5.71. The molecule has 0 saturated heterocycles. The van der Waals surface area contributed by atoms with Crippen LogP contribution in [0.2, 0.25) is 0 Å². The Morgan fingerprint density at radius 1 is 0.323 bits per heavy atom. The zero-order valence-corrected chi connectivity index (χ0v) is 43.0. The lowest BCUT2D eigenvalue weighted by atomic mass is 10.0. The van der Waals surface area contributed by atoms with Gasteiger partial charge in [0, 0.05) is 19.3 Å². The van der Waals surface area contributed by atoms with Crippen molar-refractivity contribution in [2.24, 2.45) is 0 Å². The fraction of sp³-hybridized carbons (Fsp3) is 0.780. The number of esters is 3. The predicted molar refractivity (Wildman–Crippen MR) is 279 cm³/mol. The van der Waals surface area contributed by atoms with Crippen molar-refractivity contribution in [3.05, 3.63) is 60.8 Å². The maximum absolute atomic E-state index is 12.8. The van der Waals surface area contributed by atoms with Crippen molar-refractivity contribution in [2.75, 3.05) is 13.2 Å². The van der Waals surface area contributed by atoms with Crippen LogP contribution in [0.3, 0.4) is 0 Å². The van der Waals surface area contributed by atoms with E-state index in [4.69, 9.17) is 14.2 Å². The van der Waals surface area contributed by atoms with Crippen molar-refractivity contribution < 1.29 is 28.6 Å². The molecule has 0 fully saturated rings. The Bertz CT molecular complexity index is 1180. The quantitative estimate of drug-likeness (QED) is 0.0262. The molecule has 6 heteroatoms. The third kappa shape index (κ3) is 51.9. The number of carbonyl (C=O) groups excluding carboxylic acids is 3. The van der Waals surface area contributed by atoms with Crippen LogP contribution in [0, 0.1) is 0 Å². The Morgan fingerprint density at radius 2 is 0.600 bits per heavy atom. The SMILES string of the molecule is CC/C=C\C/C=C\C/C=C\C/C=C\CCCCCCCCCCCCCCC(=O)OCC(COC(=O)CCCCCCC)OC(=O)CCCCCCCCC/C=C\CCCCCCCC. The van der Waals surface area contributed by atoms with E-state index in [1.165, 1.54) is 148 Å². The third-order valence-corrected chi connectivity index (χ3v) is 12.0. The number of rotatable bonds is 50. The molecule has 0 bridgehead atoms. The van der Waals surface area contributed by atoms with E-state index in [1.807, 2.05) is 0 Å². The zero-order valence-electron chi connectivity index (χ0n) is 43.0. The van der Waals surface area contributed by atoms with Gasteiger partial charge in [0.25, 0.3) is 0 Å². The Balaban J connectivity index is 4.08. The first-order chi connectivity index (χ1) is 32.0. The number of hydrogen-bond donors (Lipinski definition) is 0. The second kappa shape index (κ2) is 53.7. The highest BCUT2D eigenvalue weighted by Crippen LogP contribution is 2.15. The van der Waals surface area contributed by atoms with Crippen LogP contribution >= 0.6 is 0 Å². The summed E-state index contributed by atoms with van der Waals surface area (Å²) < 4.78 is 16.7. The average molecular weight is 909 g/mol. The monoisotopic (exact) mass is 909 g/mol. The maximum Gasteiger partial charge on any atom is 0.306 e. The lowest BCUT2D eigenvalue weighted by Crippen LogP contribution is -2.30. The van der Waals surface area contributed by atoms with E-state index in [9.17, 15) is 14.4 Å². The number of hydrogen-bond acceptors (Lipinski definition) is 6. The van der Waals surface area contributed by atoms with E-state index in [0.717, 1.165) is 89.9 Å². The van der Waals surface area contributed by atoms with Gasteiger partial charge in [-0.25, -0.2) is 0 Å². The van der Waals surface area contributed by atoms with Crippen molar-refractivity contribution >= 4 is 17.9 Å². The smallest absolute Gasteiger partial charge is 0.306 e. The van der Waals surface area contributed by atoms with Gasteiger partial charge in [-0.3, -0.25) is 14.4 Å². The number of carbonyl (C=O) groups is 3. The van der Waals surface area contributed by atoms with E-state index in [1.54, 1.807) is 0 Å². The predicted octanol–water partition coefficient (Wildman–Crippen LogP) is 18.4. The molecule has 0 aromatic rings. The summed E-state index contributed by atoms with van der Waals surface area (Å²) in [5.74, 6) is -0.888. The van der Waals surface area contributed by atoms with Crippen LogP contribution in [0.1, 0.15) is 278 Å². The fourth-order valence-electron chi connectivity index (χ4n) is 7.84.